The molecule has 0 aromatic carbocycles. The first kappa shape index (κ1) is 11.5. The Hall–Kier alpha value is -0.560. The molecule has 1 saturated heterocycles. The lowest BCUT2D eigenvalue weighted by molar-refractivity contribution is 0.127. The fraction of sp³-hybridized carbons (Fsp3) is 0.545. The molecule has 3 heterocycles. The summed E-state index contributed by atoms with van der Waals surface area (Å²) < 4.78 is 7.67. The quantitative estimate of drug-likeness (QED) is 0.927. The molecular formula is C11H15N3OS2. The Morgan fingerprint density at radius 3 is 3.29 bits per heavy atom. The lowest BCUT2D eigenvalue weighted by atomic mass is 10.3. The minimum Gasteiger partial charge on any atom is -0.377 e. The van der Waals surface area contributed by atoms with E-state index in [2.05, 4.69) is 16.3 Å². The van der Waals surface area contributed by atoms with Gasteiger partial charge in [0.1, 0.15) is 5.03 Å². The van der Waals surface area contributed by atoms with Crippen LogP contribution in [0.1, 0.15) is 19.0 Å². The summed E-state index contributed by atoms with van der Waals surface area (Å²) in [5.74, 6) is 0. The Morgan fingerprint density at radius 2 is 2.59 bits per heavy atom. The highest BCUT2D eigenvalue weighted by Gasteiger charge is 2.27. The highest BCUT2D eigenvalue weighted by molar-refractivity contribution is 8.00. The Morgan fingerprint density at radius 1 is 1.71 bits per heavy atom. The van der Waals surface area contributed by atoms with Crippen LogP contribution in [-0.4, -0.2) is 27.3 Å². The molecule has 1 aliphatic rings. The topological polar surface area (TPSA) is 52.5 Å². The molecule has 2 atom stereocenters. The number of thioether (sulfide) groups is 1. The largest absolute Gasteiger partial charge is 0.377 e. The van der Waals surface area contributed by atoms with E-state index in [9.17, 15) is 0 Å². The minimum atomic E-state index is 0.311. The van der Waals surface area contributed by atoms with Crippen molar-refractivity contribution in [3.8, 4) is 0 Å². The molecular weight excluding hydrogens is 254 g/mol. The van der Waals surface area contributed by atoms with Gasteiger partial charge in [-0.15, -0.1) is 11.3 Å². The number of ether oxygens (including phenoxy) is 1. The molecule has 2 aromatic rings. The van der Waals surface area contributed by atoms with Crippen molar-refractivity contribution >= 4 is 28.1 Å². The average molecular weight is 269 g/mol. The van der Waals surface area contributed by atoms with E-state index in [0.29, 0.717) is 17.9 Å². The van der Waals surface area contributed by atoms with E-state index in [0.717, 1.165) is 28.7 Å². The number of nitrogens with two attached hydrogens (primary N) is 1. The summed E-state index contributed by atoms with van der Waals surface area (Å²) in [6, 6.07) is 0. The lowest BCUT2D eigenvalue weighted by Crippen LogP contribution is -2.14. The molecule has 2 N–H and O–H groups in total. The number of fused-ring (bicyclic) bond motifs is 1. The van der Waals surface area contributed by atoms with Crippen LogP contribution in [0.3, 0.4) is 0 Å². The van der Waals surface area contributed by atoms with Crippen LogP contribution in [-0.2, 0) is 11.3 Å². The van der Waals surface area contributed by atoms with Gasteiger partial charge >= 0.3 is 0 Å². The van der Waals surface area contributed by atoms with Crippen LogP contribution in [0.5, 0.6) is 0 Å². The van der Waals surface area contributed by atoms with Gasteiger partial charge in [0.15, 0.2) is 4.96 Å². The molecule has 2 aromatic heterocycles. The van der Waals surface area contributed by atoms with Gasteiger partial charge in [0.2, 0.25) is 0 Å². The van der Waals surface area contributed by atoms with Crippen LogP contribution in [0.2, 0.25) is 0 Å². The average Bonchev–Trinajstić information content (AvgIpc) is 2.96. The summed E-state index contributed by atoms with van der Waals surface area (Å²) >= 11 is 3.46. The molecule has 0 saturated carbocycles. The van der Waals surface area contributed by atoms with Crippen LogP contribution >= 0.6 is 23.1 Å². The Kier molecular flexibility index (Phi) is 3.12. The third-order valence-corrected chi connectivity index (χ3v) is 5.32. The van der Waals surface area contributed by atoms with Gasteiger partial charge in [-0.1, -0.05) is 11.8 Å². The van der Waals surface area contributed by atoms with Crippen LogP contribution < -0.4 is 5.73 Å². The van der Waals surface area contributed by atoms with E-state index in [4.69, 9.17) is 10.5 Å². The van der Waals surface area contributed by atoms with Crippen molar-refractivity contribution in [1.29, 1.82) is 0 Å². The Bertz CT molecular complexity index is 522. The Balaban J connectivity index is 1.91. The van der Waals surface area contributed by atoms with Crippen molar-refractivity contribution in [1.82, 2.24) is 9.38 Å². The monoisotopic (exact) mass is 269 g/mol. The summed E-state index contributed by atoms with van der Waals surface area (Å²) in [4.78, 5) is 5.68. The molecule has 0 bridgehead atoms. The standard InChI is InChI=1S/C11H15N3OS2/c1-7-9(2-4-15-7)17-10-8(6-12)14-3-5-16-11(14)13-10/h3,5,7,9H,2,4,6,12H2,1H3. The highest BCUT2D eigenvalue weighted by Crippen LogP contribution is 2.34. The molecule has 0 aliphatic carbocycles. The van der Waals surface area contributed by atoms with Crippen molar-refractivity contribution in [2.75, 3.05) is 6.61 Å². The number of rotatable bonds is 3. The molecule has 2 unspecified atom stereocenters. The maximum atomic E-state index is 5.83. The summed E-state index contributed by atoms with van der Waals surface area (Å²) in [6.07, 6.45) is 3.44. The molecule has 3 rings (SSSR count). The number of hydrogen-bond donors (Lipinski definition) is 1. The second-order valence-corrected chi connectivity index (χ2v) is 6.25. The van der Waals surface area contributed by atoms with Crippen LogP contribution in [0.4, 0.5) is 0 Å². The van der Waals surface area contributed by atoms with Gasteiger partial charge in [-0.25, -0.2) is 4.98 Å². The zero-order valence-electron chi connectivity index (χ0n) is 9.63. The van der Waals surface area contributed by atoms with E-state index in [1.807, 2.05) is 23.3 Å². The number of hydrogen-bond acceptors (Lipinski definition) is 5. The number of aromatic nitrogens is 2. The van der Waals surface area contributed by atoms with Gasteiger partial charge in [0, 0.05) is 30.0 Å². The maximum Gasteiger partial charge on any atom is 0.194 e. The van der Waals surface area contributed by atoms with Crippen molar-refractivity contribution < 1.29 is 4.74 Å². The maximum absolute atomic E-state index is 5.83. The van der Waals surface area contributed by atoms with E-state index >= 15 is 0 Å². The number of nitrogens with zero attached hydrogens (tertiary/aromatic N) is 2. The molecule has 1 aliphatic heterocycles. The SMILES string of the molecule is CC1OCCC1Sc1nc2sccn2c1CN. The van der Waals surface area contributed by atoms with Crippen molar-refractivity contribution in [2.45, 2.75) is 36.3 Å². The van der Waals surface area contributed by atoms with Crippen molar-refractivity contribution in [2.24, 2.45) is 5.73 Å². The predicted molar refractivity (Wildman–Crippen MR) is 70.6 cm³/mol. The molecule has 6 heteroatoms. The van der Waals surface area contributed by atoms with Gasteiger partial charge in [0.25, 0.3) is 0 Å². The third kappa shape index (κ3) is 1.99. The van der Waals surface area contributed by atoms with E-state index < -0.39 is 0 Å². The van der Waals surface area contributed by atoms with Crippen LogP contribution in [0.15, 0.2) is 16.6 Å². The fourth-order valence-corrected chi connectivity index (χ4v) is 4.12. The molecule has 92 valence electrons. The van der Waals surface area contributed by atoms with E-state index in [1.165, 1.54) is 0 Å². The Labute approximate surface area is 108 Å². The second kappa shape index (κ2) is 4.61. The fourth-order valence-electron chi connectivity index (χ4n) is 2.10. The smallest absolute Gasteiger partial charge is 0.194 e. The number of imidazole rings is 1. The summed E-state index contributed by atoms with van der Waals surface area (Å²) in [7, 11) is 0. The van der Waals surface area contributed by atoms with Gasteiger partial charge in [-0.2, -0.15) is 0 Å². The lowest BCUT2D eigenvalue weighted by Gasteiger charge is -2.12. The molecule has 0 spiro atoms. The van der Waals surface area contributed by atoms with E-state index in [1.54, 1.807) is 11.3 Å². The zero-order chi connectivity index (χ0) is 11.8. The van der Waals surface area contributed by atoms with Gasteiger partial charge in [0.05, 0.1) is 11.8 Å². The van der Waals surface area contributed by atoms with Crippen molar-refractivity contribution in [3.05, 3.63) is 17.3 Å². The van der Waals surface area contributed by atoms with E-state index in [-0.39, 0.29) is 0 Å². The summed E-state index contributed by atoms with van der Waals surface area (Å²) in [6.45, 7) is 3.52. The first-order valence-corrected chi connectivity index (χ1v) is 7.48. The highest BCUT2D eigenvalue weighted by atomic mass is 32.2. The third-order valence-electron chi connectivity index (χ3n) is 3.09. The first-order valence-electron chi connectivity index (χ1n) is 5.72. The number of thiazole rings is 1. The summed E-state index contributed by atoms with van der Waals surface area (Å²) in [5, 5.41) is 3.61. The minimum absolute atomic E-state index is 0.311. The van der Waals surface area contributed by atoms with Crippen molar-refractivity contribution in [3.63, 3.8) is 0 Å². The second-order valence-electron chi connectivity index (χ2n) is 4.14. The predicted octanol–water partition coefficient (Wildman–Crippen LogP) is 2.12. The normalized spacial score (nSPS) is 24.8. The summed E-state index contributed by atoms with van der Waals surface area (Å²) in [5.41, 5.74) is 6.94. The van der Waals surface area contributed by atoms with Gasteiger partial charge in [-0.3, -0.25) is 4.40 Å². The molecule has 0 radical (unpaired) electrons. The van der Waals surface area contributed by atoms with Gasteiger partial charge in [-0.05, 0) is 13.3 Å². The van der Waals surface area contributed by atoms with Crippen LogP contribution in [0, 0.1) is 0 Å². The molecule has 1 fully saturated rings. The van der Waals surface area contributed by atoms with Gasteiger partial charge < -0.3 is 10.5 Å². The zero-order valence-corrected chi connectivity index (χ0v) is 11.3. The first-order chi connectivity index (χ1) is 8.29. The van der Waals surface area contributed by atoms with Crippen LogP contribution in [0.25, 0.3) is 4.96 Å². The molecule has 0 amide bonds. The molecule has 17 heavy (non-hydrogen) atoms. The molecule has 4 nitrogen and oxygen atoms in total.